The Morgan fingerprint density at radius 1 is 1.42 bits per heavy atom. The number of benzene rings is 1. The number of carboxylic acid groups (broad SMARTS) is 1. The quantitative estimate of drug-likeness (QED) is 0.704. The standard InChI is InChI=1S/C16H14F2N2O3.ClH/c17-12-6-10-14(13(18)9(12)2-1-5-19)20(8-3-4-8)7-11(15(10)21)16(22)23;/h1-2,6-8H,3-5,19H2,(H,22,23);1H/b2-1+;. The third kappa shape index (κ3) is 2.92. The molecule has 0 bridgehead atoms. The Hall–Kier alpha value is -2.25. The van der Waals surface area contributed by atoms with Gasteiger partial charge in [-0.15, -0.1) is 0 Å². The van der Waals surface area contributed by atoms with Crippen molar-refractivity contribution in [3.8, 4) is 0 Å². The predicted molar refractivity (Wildman–Crippen MR) is 80.1 cm³/mol. The summed E-state index contributed by atoms with van der Waals surface area (Å²) in [6.07, 6.45) is 5.47. The number of halogens is 3. The topological polar surface area (TPSA) is 86.9 Å². The second kappa shape index (κ2) is 6.70. The van der Waals surface area contributed by atoms with Crippen LogP contribution in [0, 0.1) is 11.6 Å². The van der Waals surface area contributed by atoms with Crippen molar-refractivity contribution >= 4 is 22.9 Å². The molecule has 3 rings (SSSR count). The van der Waals surface area contributed by atoms with Crippen LogP contribution < -0.4 is 23.6 Å². The molecule has 0 amide bonds. The van der Waals surface area contributed by atoms with Gasteiger partial charge in [0.05, 0.1) is 17.4 Å². The lowest BCUT2D eigenvalue weighted by Crippen LogP contribution is -3.00. The zero-order valence-electron chi connectivity index (χ0n) is 12.6. The number of carboxylic acids is 1. The van der Waals surface area contributed by atoms with E-state index in [4.69, 9.17) is 5.11 Å². The van der Waals surface area contributed by atoms with Crippen LogP contribution in [-0.4, -0.2) is 22.2 Å². The fourth-order valence-corrected chi connectivity index (χ4v) is 2.60. The summed E-state index contributed by atoms with van der Waals surface area (Å²) in [7, 11) is 0. The number of carbonyl (C=O) groups is 1. The summed E-state index contributed by atoms with van der Waals surface area (Å²) in [5, 5.41) is 8.89. The molecule has 1 saturated carbocycles. The SMILES string of the molecule is [Cl-].[NH3+]C/C=C/c1c(F)cc2c(=O)c(C(=O)O)cn(C3CC3)c2c1F. The van der Waals surface area contributed by atoms with Crippen molar-refractivity contribution in [2.75, 3.05) is 6.54 Å². The summed E-state index contributed by atoms with van der Waals surface area (Å²) in [5.41, 5.74) is 1.91. The largest absolute Gasteiger partial charge is 1.00 e. The Labute approximate surface area is 141 Å². The molecule has 1 aromatic heterocycles. The van der Waals surface area contributed by atoms with Crippen molar-refractivity contribution in [2.24, 2.45) is 0 Å². The molecule has 128 valence electrons. The van der Waals surface area contributed by atoms with Gasteiger partial charge in [0.15, 0.2) is 5.82 Å². The number of fused-ring (bicyclic) bond motifs is 1. The molecule has 0 aliphatic heterocycles. The average molecular weight is 357 g/mol. The lowest BCUT2D eigenvalue weighted by Gasteiger charge is -2.14. The Morgan fingerprint density at radius 3 is 2.62 bits per heavy atom. The molecule has 0 saturated heterocycles. The van der Waals surface area contributed by atoms with Crippen LogP contribution in [0.2, 0.25) is 0 Å². The molecule has 0 spiro atoms. The zero-order chi connectivity index (χ0) is 16.7. The van der Waals surface area contributed by atoms with E-state index in [2.05, 4.69) is 5.73 Å². The third-order valence-corrected chi connectivity index (χ3v) is 3.87. The molecular formula is C16H15ClF2N2O3. The van der Waals surface area contributed by atoms with Gasteiger partial charge in [0.1, 0.15) is 11.4 Å². The minimum Gasteiger partial charge on any atom is -1.00 e. The van der Waals surface area contributed by atoms with E-state index in [1.54, 1.807) is 0 Å². The summed E-state index contributed by atoms with van der Waals surface area (Å²) >= 11 is 0. The maximum absolute atomic E-state index is 14.8. The van der Waals surface area contributed by atoms with Gasteiger partial charge < -0.3 is 27.8 Å². The first-order valence-corrected chi connectivity index (χ1v) is 7.21. The number of quaternary nitrogens is 1. The van der Waals surface area contributed by atoms with Crippen molar-refractivity contribution in [2.45, 2.75) is 18.9 Å². The minimum absolute atomic E-state index is 0. The molecule has 4 N–H and O–H groups in total. The maximum atomic E-state index is 14.8. The fourth-order valence-electron chi connectivity index (χ4n) is 2.60. The molecule has 24 heavy (non-hydrogen) atoms. The lowest BCUT2D eigenvalue weighted by atomic mass is 10.1. The molecule has 1 heterocycles. The van der Waals surface area contributed by atoms with Crippen molar-refractivity contribution in [1.82, 2.24) is 4.57 Å². The predicted octanol–water partition coefficient (Wildman–Crippen LogP) is -1.43. The Morgan fingerprint density at radius 2 is 2.08 bits per heavy atom. The van der Waals surface area contributed by atoms with Gasteiger partial charge in [0.2, 0.25) is 5.43 Å². The number of aromatic nitrogens is 1. The number of aromatic carboxylic acids is 1. The summed E-state index contributed by atoms with van der Waals surface area (Å²) in [6, 6.07) is 0.843. The van der Waals surface area contributed by atoms with E-state index in [0.29, 0.717) is 6.54 Å². The maximum Gasteiger partial charge on any atom is 0.341 e. The number of pyridine rings is 1. The zero-order valence-corrected chi connectivity index (χ0v) is 13.3. The van der Waals surface area contributed by atoms with Crippen molar-refractivity contribution in [1.29, 1.82) is 0 Å². The molecule has 0 unspecified atom stereocenters. The molecule has 5 nitrogen and oxygen atoms in total. The molecule has 0 atom stereocenters. The van der Waals surface area contributed by atoms with Crippen molar-refractivity contribution in [3.05, 3.63) is 51.3 Å². The second-order valence-electron chi connectivity index (χ2n) is 5.49. The average Bonchev–Trinajstić information content (AvgIpc) is 3.32. The van der Waals surface area contributed by atoms with Gasteiger partial charge in [0.25, 0.3) is 0 Å². The fraction of sp³-hybridized carbons (Fsp3) is 0.250. The summed E-state index contributed by atoms with van der Waals surface area (Å²) in [4.78, 5) is 23.5. The number of rotatable bonds is 4. The van der Waals surface area contributed by atoms with Crippen LogP contribution in [0.1, 0.15) is 34.8 Å². The van der Waals surface area contributed by atoms with Gasteiger partial charge in [0, 0.05) is 17.8 Å². The molecule has 1 aromatic carbocycles. The van der Waals surface area contributed by atoms with E-state index in [1.807, 2.05) is 0 Å². The molecule has 1 aliphatic rings. The minimum atomic E-state index is -1.41. The third-order valence-electron chi connectivity index (χ3n) is 3.87. The Kier molecular flexibility index (Phi) is 5.05. The summed E-state index contributed by atoms with van der Waals surface area (Å²) in [6.45, 7) is 0.365. The van der Waals surface area contributed by atoms with E-state index >= 15 is 0 Å². The van der Waals surface area contributed by atoms with Crippen LogP contribution in [0.5, 0.6) is 0 Å². The van der Waals surface area contributed by atoms with Gasteiger partial charge in [-0.2, -0.15) is 0 Å². The summed E-state index contributed by atoms with van der Waals surface area (Å²) in [5.74, 6) is -3.17. The van der Waals surface area contributed by atoms with Crippen LogP contribution in [0.3, 0.4) is 0 Å². The number of nitrogens with zero attached hydrogens (tertiary/aromatic N) is 1. The van der Waals surface area contributed by atoms with Gasteiger partial charge >= 0.3 is 5.97 Å². The van der Waals surface area contributed by atoms with Crippen LogP contribution in [0.15, 0.2) is 23.1 Å². The molecule has 0 radical (unpaired) electrons. The first kappa shape index (κ1) is 18.1. The second-order valence-corrected chi connectivity index (χ2v) is 5.49. The highest BCUT2D eigenvalue weighted by atomic mass is 35.5. The van der Waals surface area contributed by atoms with Crippen molar-refractivity contribution in [3.63, 3.8) is 0 Å². The molecule has 1 aliphatic carbocycles. The van der Waals surface area contributed by atoms with E-state index in [0.717, 1.165) is 25.1 Å². The normalized spacial score (nSPS) is 14.1. The van der Waals surface area contributed by atoms with Gasteiger partial charge in [-0.25, -0.2) is 13.6 Å². The monoisotopic (exact) mass is 356 g/mol. The van der Waals surface area contributed by atoms with E-state index in [-0.39, 0.29) is 34.9 Å². The Balaban J connectivity index is 0.00000208. The molecule has 8 heteroatoms. The number of hydrogen-bond donors (Lipinski definition) is 2. The van der Waals surface area contributed by atoms with Crippen LogP contribution in [0.4, 0.5) is 8.78 Å². The van der Waals surface area contributed by atoms with Crippen LogP contribution >= 0.6 is 0 Å². The highest BCUT2D eigenvalue weighted by molar-refractivity contribution is 5.93. The molecule has 1 fully saturated rings. The van der Waals surface area contributed by atoms with Crippen LogP contribution in [-0.2, 0) is 0 Å². The van der Waals surface area contributed by atoms with Gasteiger partial charge in [-0.3, -0.25) is 4.79 Å². The Bertz CT molecular complexity index is 905. The lowest BCUT2D eigenvalue weighted by molar-refractivity contribution is -0.352. The van der Waals surface area contributed by atoms with Crippen LogP contribution in [0.25, 0.3) is 17.0 Å². The van der Waals surface area contributed by atoms with Gasteiger partial charge in [-0.05, 0) is 31.1 Å². The van der Waals surface area contributed by atoms with E-state index in [1.165, 1.54) is 16.7 Å². The van der Waals surface area contributed by atoms with Crippen molar-refractivity contribution < 1.29 is 36.8 Å². The number of hydrogen-bond acceptors (Lipinski definition) is 2. The van der Waals surface area contributed by atoms with E-state index in [9.17, 15) is 18.4 Å². The smallest absolute Gasteiger partial charge is 0.341 e. The summed E-state index contributed by atoms with van der Waals surface area (Å²) < 4.78 is 30.4. The van der Waals surface area contributed by atoms with E-state index < -0.39 is 28.6 Å². The molecule has 2 aromatic rings. The first-order valence-electron chi connectivity index (χ1n) is 7.21. The molecular weight excluding hydrogens is 342 g/mol. The highest BCUT2D eigenvalue weighted by Crippen LogP contribution is 2.38. The highest BCUT2D eigenvalue weighted by Gasteiger charge is 2.29. The van der Waals surface area contributed by atoms with Gasteiger partial charge in [-0.1, -0.05) is 0 Å². The first-order chi connectivity index (χ1) is 11.0.